The van der Waals surface area contributed by atoms with Crippen LogP contribution in [0.5, 0.6) is 0 Å². The first-order chi connectivity index (χ1) is 10.2. The van der Waals surface area contributed by atoms with Crippen molar-refractivity contribution in [1.82, 2.24) is 10.2 Å². The van der Waals surface area contributed by atoms with Crippen LogP contribution in [0.1, 0.15) is 49.6 Å². The zero-order valence-electron chi connectivity index (χ0n) is 14.5. The van der Waals surface area contributed by atoms with Gasteiger partial charge in [0.25, 0.3) is 5.91 Å². The van der Waals surface area contributed by atoms with E-state index in [0.29, 0.717) is 17.9 Å². The monoisotopic (exact) mass is 308 g/mol. The van der Waals surface area contributed by atoms with Crippen LogP contribution in [0.15, 0.2) is 10.5 Å². The molecule has 5 heteroatoms. The predicted molar refractivity (Wildman–Crippen MR) is 86.2 cm³/mol. The van der Waals surface area contributed by atoms with Crippen molar-refractivity contribution in [3.05, 3.63) is 23.2 Å². The Morgan fingerprint density at radius 1 is 1.32 bits per heavy atom. The number of morpholine rings is 1. The minimum atomic E-state index is -0.116. The predicted octanol–water partition coefficient (Wildman–Crippen LogP) is 2.51. The first-order valence-electron chi connectivity index (χ1n) is 7.95. The van der Waals surface area contributed by atoms with Crippen LogP contribution in [0.3, 0.4) is 0 Å². The molecule has 0 saturated carbocycles. The first kappa shape index (κ1) is 17.0. The summed E-state index contributed by atoms with van der Waals surface area (Å²) < 4.78 is 11.2. The summed E-state index contributed by atoms with van der Waals surface area (Å²) in [5.41, 5.74) is 0.506. The SMILES string of the molecule is Cc1cc(C(=O)NCC(C)(C)N2C[C@@H](C)O[C@H](C)C2)c(C)o1. The van der Waals surface area contributed by atoms with E-state index < -0.39 is 0 Å². The summed E-state index contributed by atoms with van der Waals surface area (Å²) in [7, 11) is 0. The smallest absolute Gasteiger partial charge is 0.254 e. The van der Waals surface area contributed by atoms with Gasteiger partial charge in [-0.05, 0) is 47.6 Å². The molecule has 0 unspecified atom stereocenters. The molecule has 2 atom stereocenters. The van der Waals surface area contributed by atoms with Gasteiger partial charge in [-0.15, -0.1) is 0 Å². The Bertz CT molecular complexity index is 526. The summed E-state index contributed by atoms with van der Waals surface area (Å²) in [6.07, 6.45) is 0.440. The average molecular weight is 308 g/mol. The van der Waals surface area contributed by atoms with E-state index in [4.69, 9.17) is 9.15 Å². The zero-order chi connectivity index (χ0) is 16.5. The average Bonchev–Trinajstić information content (AvgIpc) is 2.74. The second-order valence-corrected chi connectivity index (χ2v) is 6.98. The lowest BCUT2D eigenvalue weighted by Crippen LogP contribution is -2.58. The molecule has 1 N–H and O–H groups in total. The number of nitrogens with one attached hydrogen (secondary N) is 1. The second-order valence-electron chi connectivity index (χ2n) is 6.98. The number of ether oxygens (including phenoxy) is 1. The molecule has 0 radical (unpaired) electrons. The van der Waals surface area contributed by atoms with Crippen LogP contribution in [0, 0.1) is 13.8 Å². The molecule has 22 heavy (non-hydrogen) atoms. The molecule has 0 aliphatic carbocycles. The van der Waals surface area contributed by atoms with Gasteiger partial charge in [0.05, 0.1) is 17.8 Å². The number of furan rings is 1. The van der Waals surface area contributed by atoms with E-state index in [1.807, 2.05) is 13.8 Å². The van der Waals surface area contributed by atoms with Crippen LogP contribution in [-0.2, 0) is 4.74 Å². The number of nitrogens with zero attached hydrogens (tertiary/aromatic N) is 1. The van der Waals surface area contributed by atoms with Crippen molar-refractivity contribution in [3.8, 4) is 0 Å². The molecule has 5 nitrogen and oxygen atoms in total. The number of hydrogen-bond donors (Lipinski definition) is 1. The van der Waals surface area contributed by atoms with Gasteiger partial charge in [-0.2, -0.15) is 0 Å². The van der Waals surface area contributed by atoms with Gasteiger partial charge in [0, 0.05) is 25.2 Å². The van der Waals surface area contributed by atoms with Gasteiger partial charge in [-0.3, -0.25) is 9.69 Å². The summed E-state index contributed by atoms with van der Waals surface area (Å²) in [4.78, 5) is 14.7. The lowest BCUT2D eigenvalue weighted by molar-refractivity contribution is -0.0948. The van der Waals surface area contributed by atoms with E-state index in [-0.39, 0.29) is 23.7 Å². The quantitative estimate of drug-likeness (QED) is 0.928. The number of hydrogen-bond acceptors (Lipinski definition) is 4. The maximum atomic E-state index is 12.3. The van der Waals surface area contributed by atoms with Gasteiger partial charge >= 0.3 is 0 Å². The topological polar surface area (TPSA) is 54.7 Å². The number of carbonyl (C=O) groups excluding carboxylic acids is 1. The van der Waals surface area contributed by atoms with E-state index >= 15 is 0 Å². The highest BCUT2D eigenvalue weighted by Crippen LogP contribution is 2.21. The first-order valence-corrected chi connectivity index (χ1v) is 7.95. The van der Waals surface area contributed by atoms with E-state index in [1.165, 1.54) is 0 Å². The number of aryl methyl sites for hydroxylation is 2. The number of carbonyl (C=O) groups is 1. The Kier molecular flexibility index (Phi) is 4.97. The van der Waals surface area contributed by atoms with Crippen LogP contribution in [0.4, 0.5) is 0 Å². The van der Waals surface area contributed by atoms with Crippen molar-refractivity contribution in [2.24, 2.45) is 0 Å². The number of rotatable bonds is 4. The minimum absolute atomic E-state index is 0.0724. The third-order valence-electron chi connectivity index (χ3n) is 4.24. The van der Waals surface area contributed by atoms with Gasteiger partial charge in [0.1, 0.15) is 11.5 Å². The van der Waals surface area contributed by atoms with Crippen LogP contribution < -0.4 is 5.32 Å². The van der Waals surface area contributed by atoms with Gasteiger partial charge in [0.2, 0.25) is 0 Å². The summed E-state index contributed by atoms with van der Waals surface area (Å²) in [5, 5.41) is 3.04. The highest BCUT2D eigenvalue weighted by molar-refractivity contribution is 5.95. The standard InChI is InChI=1S/C17H28N2O3/c1-11-7-15(14(4)22-11)16(20)18-10-17(5,6)19-8-12(2)21-13(3)9-19/h7,12-13H,8-10H2,1-6H3,(H,18,20)/t12-,13-/m1/s1. The van der Waals surface area contributed by atoms with E-state index in [2.05, 4.69) is 37.9 Å². The van der Waals surface area contributed by atoms with Crippen molar-refractivity contribution in [3.63, 3.8) is 0 Å². The lowest BCUT2D eigenvalue weighted by Gasteiger charge is -2.45. The van der Waals surface area contributed by atoms with Crippen LogP contribution in [0.2, 0.25) is 0 Å². The maximum absolute atomic E-state index is 12.3. The fourth-order valence-electron chi connectivity index (χ4n) is 3.03. The van der Waals surface area contributed by atoms with Crippen molar-refractivity contribution >= 4 is 5.91 Å². The molecule has 0 bridgehead atoms. The minimum Gasteiger partial charge on any atom is -0.466 e. The summed E-state index contributed by atoms with van der Waals surface area (Å²) >= 11 is 0. The Balaban J connectivity index is 1.97. The Morgan fingerprint density at radius 3 is 2.41 bits per heavy atom. The highest BCUT2D eigenvalue weighted by atomic mass is 16.5. The van der Waals surface area contributed by atoms with Crippen molar-refractivity contribution in [2.75, 3.05) is 19.6 Å². The van der Waals surface area contributed by atoms with Gasteiger partial charge in [-0.25, -0.2) is 0 Å². The number of amides is 1. The molecule has 1 aliphatic heterocycles. The molecule has 1 saturated heterocycles. The van der Waals surface area contributed by atoms with Crippen LogP contribution in [0.25, 0.3) is 0 Å². The van der Waals surface area contributed by atoms with Crippen molar-refractivity contribution in [2.45, 2.75) is 59.3 Å². The van der Waals surface area contributed by atoms with E-state index in [0.717, 1.165) is 18.8 Å². The molecule has 0 aromatic carbocycles. The van der Waals surface area contributed by atoms with Gasteiger partial charge in [0.15, 0.2) is 0 Å². The molecule has 1 amide bonds. The van der Waals surface area contributed by atoms with Gasteiger partial charge < -0.3 is 14.5 Å². The lowest BCUT2D eigenvalue weighted by atomic mass is 10.00. The Labute approximate surface area is 133 Å². The summed E-state index contributed by atoms with van der Waals surface area (Å²) in [5.74, 6) is 1.36. The molecule has 0 spiro atoms. The van der Waals surface area contributed by atoms with Crippen LogP contribution >= 0.6 is 0 Å². The summed E-state index contributed by atoms with van der Waals surface area (Å²) in [6.45, 7) is 14.5. The van der Waals surface area contributed by atoms with E-state index in [9.17, 15) is 4.79 Å². The molecular weight excluding hydrogens is 280 g/mol. The van der Waals surface area contributed by atoms with Crippen LogP contribution in [-0.4, -0.2) is 48.2 Å². The third kappa shape index (κ3) is 3.90. The second kappa shape index (κ2) is 6.42. The largest absolute Gasteiger partial charge is 0.466 e. The molecule has 1 aromatic heterocycles. The normalized spacial score (nSPS) is 23.5. The fourth-order valence-corrected chi connectivity index (χ4v) is 3.03. The molecule has 1 fully saturated rings. The molecule has 2 rings (SSSR count). The molecule has 1 aliphatic rings. The van der Waals surface area contributed by atoms with Crippen molar-refractivity contribution < 1.29 is 13.9 Å². The molecule has 1 aromatic rings. The Hall–Kier alpha value is -1.33. The molecule has 124 valence electrons. The molecular formula is C17H28N2O3. The third-order valence-corrected chi connectivity index (χ3v) is 4.24. The van der Waals surface area contributed by atoms with E-state index in [1.54, 1.807) is 6.07 Å². The molecule has 2 heterocycles. The fraction of sp³-hybridized carbons (Fsp3) is 0.706. The maximum Gasteiger partial charge on any atom is 0.254 e. The Morgan fingerprint density at radius 2 is 1.91 bits per heavy atom. The van der Waals surface area contributed by atoms with Crippen molar-refractivity contribution in [1.29, 1.82) is 0 Å². The zero-order valence-corrected chi connectivity index (χ0v) is 14.5. The summed E-state index contributed by atoms with van der Waals surface area (Å²) in [6, 6.07) is 1.79. The van der Waals surface area contributed by atoms with Gasteiger partial charge in [-0.1, -0.05) is 0 Å². The highest BCUT2D eigenvalue weighted by Gasteiger charge is 2.33.